The molecule has 1 heterocycles. The zero-order chi connectivity index (χ0) is 25.5. The number of carbonyl (C=O) groups is 1. The molecule has 0 aliphatic carbocycles. The van der Waals surface area contributed by atoms with Crippen LogP contribution < -0.4 is 10.2 Å². The van der Waals surface area contributed by atoms with Gasteiger partial charge in [-0.2, -0.15) is 5.10 Å². The minimum absolute atomic E-state index is 0.279. The highest BCUT2D eigenvalue weighted by atomic mass is 16.5. The second kappa shape index (κ2) is 11.6. The molecule has 5 heteroatoms. The molecule has 0 saturated heterocycles. The van der Waals surface area contributed by atoms with Gasteiger partial charge >= 0.3 is 0 Å². The number of aromatic nitrogens is 1. The third-order valence-electron chi connectivity index (χ3n) is 6.19. The van der Waals surface area contributed by atoms with Crippen LogP contribution in [0.25, 0.3) is 22.2 Å². The van der Waals surface area contributed by atoms with Crippen molar-refractivity contribution in [2.75, 3.05) is 6.61 Å². The molecule has 4 rings (SSSR count). The molecule has 5 nitrogen and oxygen atoms in total. The smallest absolute Gasteiger partial charge is 0.272 e. The fourth-order valence-electron chi connectivity index (χ4n) is 3.87. The number of hydrogen-bond acceptors (Lipinski definition) is 4. The van der Waals surface area contributed by atoms with Gasteiger partial charge in [0.15, 0.2) is 0 Å². The van der Waals surface area contributed by atoms with Gasteiger partial charge in [0.05, 0.1) is 29.6 Å². The van der Waals surface area contributed by atoms with E-state index in [-0.39, 0.29) is 5.91 Å². The van der Waals surface area contributed by atoms with Crippen molar-refractivity contribution in [1.82, 2.24) is 10.4 Å². The van der Waals surface area contributed by atoms with Crippen LogP contribution in [0.1, 0.15) is 61.5 Å². The van der Waals surface area contributed by atoms with Gasteiger partial charge in [-0.3, -0.25) is 4.79 Å². The lowest BCUT2D eigenvalue weighted by Crippen LogP contribution is -2.18. The maximum Gasteiger partial charge on any atom is 0.272 e. The maximum absolute atomic E-state index is 13.1. The standard InChI is InChI=1S/C31H33N3O2/c1-5-22(4)24-12-14-25(15-13-24)30-18-28(27-8-6-7-9-29(27)33-30)31(35)34-32-19-23-10-16-26(17-11-23)36-20-21(2)3/h6-19,21-22H,5,20H2,1-4H3,(H,34,35)/b32-19-. The first kappa shape index (κ1) is 25.1. The first-order chi connectivity index (χ1) is 17.4. The minimum Gasteiger partial charge on any atom is -0.493 e. The number of ether oxygens (including phenoxy) is 1. The minimum atomic E-state index is -0.279. The van der Waals surface area contributed by atoms with E-state index in [2.05, 4.69) is 62.5 Å². The molecule has 36 heavy (non-hydrogen) atoms. The predicted octanol–water partition coefficient (Wildman–Crippen LogP) is 7.21. The summed E-state index contributed by atoms with van der Waals surface area (Å²) in [5, 5.41) is 4.97. The van der Waals surface area contributed by atoms with E-state index in [1.807, 2.05) is 54.6 Å². The Labute approximate surface area is 213 Å². The molecule has 0 aliphatic rings. The number of nitrogens with one attached hydrogen (secondary N) is 1. The number of rotatable bonds is 9. The van der Waals surface area contributed by atoms with Gasteiger partial charge in [0.2, 0.25) is 0 Å². The van der Waals surface area contributed by atoms with Gasteiger partial charge in [0, 0.05) is 10.9 Å². The highest BCUT2D eigenvalue weighted by Gasteiger charge is 2.14. The topological polar surface area (TPSA) is 63.6 Å². The Hall–Kier alpha value is -3.99. The zero-order valence-corrected chi connectivity index (χ0v) is 21.4. The van der Waals surface area contributed by atoms with Gasteiger partial charge in [-0.1, -0.05) is 70.2 Å². The molecule has 1 unspecified atom stereocenters. The lowest BCUT2D eigenvalue weighted by Gasteiger charge is -2.11. The molecule has 0 fully saturated rings. The fourth-order valence-corrected chi connectivity index (χ4v) is 3.87. The second-order valence-corrected chi connectivity index (χ2v) is 9.48. The van der Waals surface area contributed by atoms with Crippen molar-refractivity contribution in [1.29, 1.82) is 0 Å². The van der Waals surface area contributed by atoms with Crippen LogP contribution in [-0.2, 0) is 0 Å². The number of hydrazone groups is 1. The molecule has 0 radical (unpaired) electrons. The van der Waals surface area contributed by atoms with Crippen molar-refractivity contribution in [3.63, 3.8) is 0 Å². The molecule has 4 aromatic rings. The second-order valence-electron chi connectivity index (χ2n) is 9.48. The summed E-state index contributed by atoms with van der Waals surface area (Å²) < 4.78 is 5.72. The van der Waals surface area contributed by atoms with E-state index >= 15 is 0 Å². The van der Waals surface area contributed by atoms with E-state index in [9.17, 15) is 4.79 Å². The number of para-hydroxylation sites is 1. The number of nitrogens with zero attached hydrogens (tertiary/aromatic N) is 2. The van der Waals surface area contributed by atoms with Crippen LogP contribution >= 0.6 is 0 Å². The van der Waals surface area contributed by atoms with Crippen LogP contribution in [-0.4, -0.2) is 23.7 Å². The Bertz CT molecular complexity index is 1340. The van der Waals surface area contributed by atoms with E-state index in [1.165, 1.54) is 5.56 Å². The lowest BCUT2D eigenvalue weighted by molar-refractivity contribution is 0.0956. The van der Waals surface area contributed by atoms with Gasteiger partial charge in [0.1, 0.15) is 5.75 Å². The Morgan fingerprint density at radius 1 is 1.00 bits per heavy atom. The Morgan fingerprint density at radius 3 is 2.42 bits per heavy atom. The number of amides is 1. The van der Waals surface area contributed by atoms with Crippen molar-refractivity contribution in [2.45, 2.75) is 40.0 Å². The molecule has 1 aromatic heterocycles. The van der Waals surface area contributed by atoms with Crippen molar-refractivity contribution in [3.8, 4) is 17.0 Å². The molecule has 3 aromatic carbocycles. The Kier molecular flexibility index (Phi) is 8.11. The average Bonchev–Trinajstić information content (AvgIpc) is 2.91. The SMILES string of the molecule is CCC(C)c1ccc(-c2cc(C(=O)N/N=C\c3ccc(OCC(C)C)cc3)c3ccccc3n2)cc1. The van der Waals surface area contributed by atoms with Crippen LogP contribution in [0, 0.1) is 5.92 Å². The van der Waals surface area contributed by atoms with Gasteiger partial charge in [-0.15, -0.1) is 0 Å². The summed E-state index contributed by atoms with van der Waals surface area (Å²) in [7, 11) is 0. The monoisotopic (exact) mass is 479 g/mol. The molecule has 1 N–H and O–H groups in total. The summed E-state index contributed by atoms with van der Waals surface area (Å²) in [6.07, 6.45) is 2.72. The highest BCUT2D eigenvalue weighted by Crippen LogP contribution is 2.27. The zero-order valence-electron chi connectivity index (χ0n) is 21.4. The average molecular weight is 480 g/mol. The summed E-state index contributed by atoms with van der Waals surface area (Å²) >= 11 is 0. The van der Waals surface area contributed by atoms with Crippen molar-refractivity contribution in [2.24, 2.45) is 11.0 Å². The molecule has 0 bridgehead atoms. The molecule has 0 spiro atoms. The van der Waals surface area contributed by atoms with Crippen LogP contribution in [0.3, 0.4) is 0 Å². The molecule has 1 amide bonds. The summed E-state index contributed by atoms with van der Waals surface area (Å²) in [4.78, 5) is 18.0. The first-order valence-corrected chi connectivity index (χ1v) is 12.5. The summed E-state index contributed by atoms with van der Waals surface area (Å²) in [5.74, 6) is 1.51. The number of fused-ring (bicyclic) bond motifs is 1. The third kappa shape index (κ3) is 6.16. The number of hydrogen-bond donors (Lipinski definition) is 1. The van der Waals surface area contributed by atoms with E-state index in [1.54, 1.807) is 6.21 Å². The number of carbonyl (C=O) groups excluding carboxylic acids is 1. The van der Waals surface area contributed by atoms with E-state index in [0.717, 1.165) is 39.9 Å². The largest absolute Gasteiger partial charge is 0.493 e. The fraction of sp³-hybridized carbons (Fsp3) is 0.258. The van der Waals surface area contributed by atoms with E-state index < -0.39 is 0 Å². The molecule has 0 aliphatic heterocycles. The molecule has 0 saturated carbocycles. The van der Waals surface area contributed by atoms with E-state index in [0.29, 0.717) is 24.0 Å². The van der Waals surface area contributed by atoms with Crippen molar-refractivity contribution >= 4 is 23.0 Å². The van der Waals surface area contributed by atoms with Crippen molar-refractivity contribution in [3.05, 3.63) is 95.6 Å². The quantitative estimate of drug-likeness (QED) is 0.204. The van der Waals surface area contributed by atoms with Gasteiger partial charge in [-0.05, 0) is 65.8 Å². The Morgan fingerprint density at radius 2 is 1.72 bits per heavy atom. The highest BCUT2D eigenvalue weighted by molar-refractivity contribution is 6.07. The number of benzene rings is 3. The third-order valence-corrected chi connectivity index (χ3v) is 6.19. The first-order valence-electron chi connectivity index (χ1n) is 12.5. The predicted molar refractivity (Wildman–Crippen MR) is 148 cm³/mol. The maximum atomic E-state index is 13.1. The van der Waals surface area contributed by atoms with Crippen LogP contribution in [0.4, 0.5) is 0 Å². The summed E-state index contributed by atoms with van der Waals surface area (Å²) in [5.41, 5.74) is 7.89. The summed E-state index contributed by atoms with van der Waals surface area (Å²) in [6, 6.07) is 25.6. The number of pyridine rings is 1. The summed E-state index contributed by atoms with van der Waals surface area (Å²) in [6.45, 7) is 9.31. The Balaban J connectivity index is 1.53. The van der Waals surface area contributed by atoms with Gasteiger partial charge < -0.3 is 4.74 Å². The molecular formula is C31H33N3O2. The normalized spacial score (nSPS) is 12.2. The van der Waals surface area contributed by atoms with Crippen LogP contribution in [0.5, 0.6) is 5.75 Å². The van der Waals surface area contributed by atoms with Gasteiger partial charge in [-0.25, -0.2) is 10.4 Å². The van der Waals surface area contributed by atoms with Crippen LogP contribution in [0.2, 0.25) is 0 Å². The van der Waals surface area contributed by atoms with Crippen LogP contribution in [0.15, 0.2) is 84.0 Å². The molecule has 1 atom stereocenters. The van der Waals surface area contributed by atoms with Crippen molar-refractivity contribution < 1.29 is 9.53 Å². The molecule has 184 valence electrons. The molecular weight excluding hydrogens is 446 g/mol. The van der Waals surface area contributed by atoms with E-state index in [4.69, 9.17) is 9.72 Å². The van der Waals surface area contributed by atoms with Gasteiger partial charge in [0.25, 0.3) is 5.91 Å². The lowest BCUT2D eigenvalue weighted by atomic mass is 9.96.